The Bertz CT molecular complexity index is 1730. The Morgan fingerprint density at radius 2 is 1.86 bits per heavy atom. The summed E-state index contributed by atoms with van der Waals surface area (Å²) in [5.41, 5.74) is 2.80. The van der Waals surface area contributed by atoms with Crippen LogP contribution in [0.1, 0.15) is 81.3 Å². The Hall–Kier alpha value is -4.05. The zero-order valence-electron chi connectivity index (χ0n) is 34.2. The lowest BCUT2D eigenvalue weighted by atomic mass is 9.55. The van der Waals surface area contributed by atoms with Crippen molar-refractivity contribution in [3.63, 3.8) is 0 Å². The van der Waals surface area contributed by atoms with Gasteiger partial charge in [-0.15, -0.1) is 6.58 Å². The Labute approximate surface area is 346 Å². The van der Waals surface area contributed by atoms with Gasteiger partial charge in [-0.3, -0.25) is 4.90 Å². The molecule has 4 aliphatic rings. The molecule has 7 atom stereocenters. The molecule has 0 radical (unpaired) electrons. The van der Waals surface area contributed by atoms with E-state index >= 15 is 0 Å². The molecule has 1 saturated heterocycles. The van der Waals surface area contributed by atoms with E-state index in [-0.39, 0.29) is 82.8 Å². The fraction of sp³-hybridized carbons (Fsp3) is 0.600. The number of rotatable bonds is 22. The lowest BCUT2D eigenvalue weighted by Crippen LogP contribution is -2.70. The van der Waals surface area contributed by atoms with Crippen LogP contribution in [0.15, 0.2) is 71.9 Å². The summed E-state index contributed by atoms with van der Waals surface area (Å²) in [6, 6.07) is 11.3. The van der Waals surface area contributed by atoms with Gasteiger partial charge in [-0.1, -0.05) is 48.3 Å². The van der Waals surface area contributed by atoms with E-state index in [0.717, 1.165) is 49.7 Å². The lowest BCUT2D eigenvalue weighted by molar-refractivity contribution is -0.256. The van der Waals surface area contributed by atoms with E-state index in [4.69, 9.17) is 38.4 Å². The van der Waals surface area contributed by atoms with Crippen molar-refractivity contribution in [1.29, 1.82) is 0 Å². The van der Waals surface area contributed by atoms with E-state index in [0.29, 0.717) is 48.6 Å². The number of methoxy groups -OCH3 is 1. The predicted octanol–water partition coefficient (Wildman–Crippen LogP) is 6.64. The van der Waals surface area contributed by atoms with Crippen molar-refractivity contribution in [3.05, 3.63) is 83.7 Å². The van der Waals surface area contributed by atoms with Crippen molar-refractivity contribution in [2.75, 3.05) is 59.9 Å². The van der Waals surface area contributed by atoms with E-state index in [2.05, 4.69) is 12.7 Å². The van der Waals surface area contributed by atoms with Gasteiger partial charge in [0.2, 0.25) is 12.1 Å². The number of carbonyl (C=O) groups is 1. The average Bonchev–Trinajstić information content (AvgIpc) is 3.26. The van der Waals surface area contributed by atoms with E-state index in [1.165, 1.54) is 13.2 Å². The van der Waals surface area contributed by atoms with Crippen LogP contribution in [0.5, 0.6) is 11.5 Å². The van der Waals surface area contributed by atoms with E-state index < -0.39 is 30.1 Å². The van der Waals surface area contributed by atoms with Gasteiger partial charge in [0.05, 0.1) is 51.8 Å². The molecule has 3 N–H and O–H groups in total. The zero-order chi connectivity index (χ0) is 41.6. The fourth-order valence-electron chi connectivity index (χ4n) is 9.25. The highest BCUT2D eigenvalue weighted by atomic mass is 19.1. The van der Waals surface area contributed by atoms with Crippen molar-refractivity contribution in [2.24, 2.45) is 22.9 Å². The number of oxime groups is 1. The quantitative estimate of drug-likeness (QED) is 0.0664. The number of carbonyl (C=O) groups excluding carboxylic acids is 1. The van der Waals surface area contributed by atoms with Gasteiger partial charge in [0.1, 0.15) is 30.0 Å². The smallest absolute Gasteiger partial charge is 0.410 e. The third-order valence-electron chi connectivity index (χ3n) is 11.9. The molecule has 2 aliphatic carbocycles. The van der Waals surface area contributed by atoms with Gasteiger partial charge in [0, 0.05) is 49.6 Å². The first-order valence-electron chi connectivity index (χ1n) is 21.1. The first-order valence-corrected chi connectivity index (χ1v) is 21.1. The van der Waals surface area contributed by atoms with Gasteiger partial charge >= 0.3 is 6.09 Å². The highest BCUT2D eigenvalue weighted by Gasteiger charge is 2.65. The molecule has 0 aromatic heterocycles. The summed E-state index contributed by atoms with van der Waals surface area (Å²) in [5.74, 6) is -1.59. The van der Waals surface area contributed by atoms with E-state index in [9.17, 15) is 24.5 Å². The second-order valence-electron chi connectivity index (χ2n) is 15.6. The molecule has 2 heterocycles. The number of halogens is 1. The maximum absolute atomic E-state index is 14.7. The summed E-state index contributed by atoms with van der Waals surface area (Å²) >= 11 is 0. The van der Waals surface area contributed by atoms with E-state index in [1.807, 2.05) is 12.1 Å². The number of nitrogens with zero attached hydrogens (tertiary/aromatic N) is 2. The minimum Gasteiger partial charge on any atom is -0.489 e. The Kier molecular flexibility index (Phi) is 16.6. The van der Waals surface area contributed by atoms with Crippen LogP contribution in [0, 0.1) is 23.6 Å². The second kappa shape index (κ2) is 22.0. The third-order valence-corrected chi connectivity index (χ3v) is 11.9. The SMILES string of the molecule is C=CCOC12Oc3ccc(OCc4ccccc4F)cc3C3C(CCCCO)C(CCCCO)C=C(C(=NOC4CCCCO4)CC1N(CCOCCO)C(=O)OC)C32. The normalized spacial score (nSPS) is 26.5. The Morgan fingerprint density at radius 1 is 1.05 bits per heavy atom. The van der Waals surface area contributed by atoms with Crippen molar-refractivity contribution in [1.82, 2.24) is 4.90 Å². The molecule has 2 aromatic rings. The van der Waals surface area contributed by atoms with Crippen LogP contribution < -0.4 is 9.47 Å². The monoisotopic (exact) mass is 824 g/mol. The number of unbranched alkanes of at least 4 members (excludes halogenated alkanes) is 2. The summed E-state index contributed by atoms with van der Waals surface area (Å²) in [4.78, 5) is 21.7. The first-order chi connectivity index (χ1) is 28.9. The van der Waals surface area contributed by atoms with Gasteiger partial charge in [-0.25, -0.2) is 9.18 Å². The van der Waals surface area contributed by atoms with Gasteiger partial charge in [0.15, 0.2) is 0 Å². The molecule has 6 rings (SSSR count). The molecule has 2 aromatic carbocycles. The van der Waals surface area contributed by atoms with Gasteiger partial charge in [-0.2, -0.15) is 0 Å². The number of aliphatic hydroxyl groups excluding tert-OH is 3. The molecular formula is C45H61FN2O11. The molecule has 2 fully saturated rings. The van der Waals surface area contributed by atoms with Crippen LogP contribution in [0.4, 0.5) is 9.18 Å². The Balaban J connectivity index is 1.55. The number of benzene rings is 2. The van der Waals surface area contributed by atoms with Crippen molar-refractivity contribution < 1.29 is 57.8 Å². The molecule has 14 heteroatoms. The van der Waals surface area contributed by atoms with Crippen LogP contribution in [0.2, 0.25) is 0 Å². The summed E-state index contributed by atoms with van der Waals surface area (Å²) < 4.78 is 52.2. The molecule has 2 aliphatic heterocycles. The molecule has 0 spiro atoms. The standard InChI is InChI=1S/C45H61FN2O11/c1-3-23-57-45-40(48(44(52)53-2)19-25-54-26-22-51)29-38(47-59-41-16-8-11-24-55-41)35-27-31(12-6-9-20-49)34(14-7-10-21-50)42(43(35)45)36-28-33(17-18-39(36)58-45)56-30-32-13-4-5-15-37(32)46/h3-5,13,15,17-18,27-28,31,34,40-43,49-51H,1,6-12,14,16,19-26,29-30H2,2H3. The van der Waals surface area contributed by atoms with Crippen molar-refractivity contribution in [3.8, 4) is 11.5 Å². The van der Waals surface area contributed by atoms with Crippen LogP contribution >= 0.6 is 0 Å². The number of amides is 1. The van der Waals surface area contributed by atoms with Crippen LogP contribution in [0.25, 0.3) is 0 Å². The van der Waals surface area contributed by atoms with Crippen LogP contribution in [0.3, 0.4) is 0 Å². The van der Waals surface area contributed by atoms with Gasteiger partial charge < -0.3 is 48.6 Å². The lowest BCUT2D eigenvalue weighted by Gasteiger charge is -2.59. The molecule has 0 bridgehead atoms. The number of ether oxygens (including phenoxy) is 6. The fourth-order valence-corrected chi connectivity index (χ4v) is 9.25. The highest BCUT2D eigenvalue weighted by molar-refractivity contribution is 6.03. The molecular weight excluding hydrogens is 763 g/mol. The zero-order valence-corrected chi connectivity index (χ0v) is 34.2. The molecule has 1 saturated carbocycles. The summed E-state index contributed by atoms with van der Waals surface area (Å²) in [5, 5.41) is 34.1. The number of hydrogen-bond acceptors (Lipinski definition) is 12. The van der Waals surface area contributed by atoms with Crippen molar-refractivity contribution in [2.45, 2.75) is 94.9 Å². The van der Waals surface area contributed by atoms with Gasteiger partial charge in [0.25, 0.3) is 0 Å². The maximum Gasteiger partial charge on any atom is 0.410 e. The molecule has 1 amide bonds. The van der Waals surface area contributed by atoms with Crippen LogP contribution in [-0.4, -0.2) is 110 Å². The minimum absolute atomic E-state index is 0.00720. The number of fused-ring (bicyclic) bond motifs is 2. The molecule has 7 unspecified atom stereocenters. The number of hydrogen-bond donors (Lipinski definition) is 3. The maximum atomic E-state index is 14.7. The molecule has 13 nitrogen and oxygen atoms in total. The first kappa shape index (κ1) is 44.5. The second-order valence-corrected chi connectivity index (χ2v) is 15.6. The third kappa shape index (κ3) is 10.5. The highest BCUT2D eigenvalue weighted by Crippen LogP contribution is 2.62. The largest absolute Gasteiger partial charge is 0.489 e. The number of allylic oxidation sites excluding steroid dienone is 1. The van der Waals surface area contributed by atoms with Crippen LogP contribution in [-0.2, 0) is 30.4 Å². The summed E-state index contributed by atoms with van der Waals surface area (Å²) in [6.45, 7) is 4.92. The number of aliphatic hydroxyl groups is 3. The van der Waals surface area contributed by atoms with Gasteiger partial charge in [-0.05, 0) is 80.2 Å². The average molecular weight is 825 g/mol. The Morgan fingerprint density at radius 3 is 2.59 bits per heavy atom. The molecule has 324 valence electrons. The van der Waals surface area contributed by atoms with E-state index in [1.54, 1.807) is 35.2 Å². The topological polar surface area (TPSA) is 158 Å². The predicted molar refractivity (Wildman–Crippen MR) is 217 cm³/mol. The summed E-state index contributed by atoms with van der Waals surface area (Å²) in [6.07, 6.45) is 9.90. The molecule has 59 heavy (non-hydrogen) atoms. The van der Waals surface area contributed by atoms with Crippen molar-refractivity contribution >= 4 is 11.8 Å². The minimum atomic E-state index is -1.50. The summed E-state index contributed by atoms with van der Waals surface area (Å²) in [7, 11) is 1.32.